The first kappa shape index (κ1) is 9.09. The van der Waals surface area contributed by atoms with Crippen LogP contribution in [0.1, 0.15) is 0 Å². The SMILES string of the molecule is CO.[CH3][Al][CH3]. The lowest BCUT2D eigenvalue weighted by molar-refractivity contribution is 0.399. The van der Waals surface area contributed by atoms with E-state index >= 15 is 0 Å². The summed E-state index contributed by atoms with van der Waals surface area (Å²) in [5.74, 6) is 4.42. The molecule has 0 aliphatic rings. The van der Waals surface area contributed by atoms with E-state index in [2.05, 4.69) is 11.6 Å². The van der Waals surface area contributed by atoms with E-state index < -0.39 is 0 Å². The molecule has 0 aliphatic heterocycles. The summed E-state index contributed by atoms with van der Waals surface area (Å²) in [7, 11) is 1.00. The lowest BCUT2D eigenvalue weighted by Gasteiger charge is -1.38. The minimum absolute atomic E-state index is 0.750. The normalized spacial score (nSPS) is 4.00. The summed E-state index contributed by atoms with van der Waals surface area (Å²) in [6.45, 7) is 0. The summed E-state index contributed by atoms with van der Waals surface area (Å²) >= 11 is 0.750. The predicted molar refractivity (Wildman–Crippen MR) is 25.6 cm³/mol. The molecular formula is C3H10AlO. The first-order valence-electron chi connectivity index (χ1n) is 1.60. The Kier molecular flexibility index (Phi) is 44.7. The van der Waals surface area contributed by atoms with E-state index in [0.717, 1.165) is 22.3 Å². The highest BCUT2D eigenvalue weighted by atomic mass is 27.1. The van der Waals surface area contributed by atoms with E-state index in [1.165, 1.54) is 0 Å². The second kappa shape index (κ2) is 24.6. The molecule has 1 radical (unpaired) electrons. The highest BCUT2D eigenvalue weighted by molar-refractivity contribution is 6.31. The van der Waals surface area contributed by atoms with Crippen LogP contribution in [-0.2, 0) is 0 Å². The maximum absolute atomic E-state index is 7.00. The Morgan fingerprint density at radius 2 is 1.20 bits per heavy atom. The Balaban J connectivity index is 0. The lowest BCUT2D eigenvalue weighted by Crippen LogP contribution is -1.53. The molecule has 2 heteroatoms. The Morgan fingerprint density at radius 3 is 1.20 bits per heavy atom. The minimum atomic E-state index is 0.750. The van der Waals surface area contributed by atoms with Crippen LogP contribution in [0, 0.1) is 0 Å². The minimum Gasteiger partial charge on any atom is -0.400 e. The van der Waals surface area contributed by atoms with Crippen LogP contribution in [0.3, 0.4) is 0 Å². The molecule has 0 aromatic heterocycles. The topological polar surface area (TPSA) is 20.2 Å². The van der Waals surface area contributed by atoms with Gasteiger partial charge in [-0.25, -0.2) is 0 Å². The molecular weight excluding hydrogens is 79.0 g/mol. The molecule has 0 bridgehead atoms. The summed E-state index contributed by atoms with van der Waals surface area (Å²) in [5.41, 5.74) is 0. The zero-order valence-corrected chi connectivity index (χ0v) is 5.18. The van der Waals surface area contributed by atoms with Crippen LogP contribution in [0.4, 0.5) is 0 Å². The molecule has 0 heterocycles. The van der Waals surface area contributed by atoms with Gasteiger partial charge in [0.15, 0.2) is 15.2 Å². The van der Waals surface area contributed by atoms with Gasteiger partial charge < -0.3 is 5.11 Å². The van der Waals surface area contributed by atoms with E-state index in [9.17, 15) is 0 Å². The smallest absolute Gasteiger partial charge is 0.191 e. The van der Waals surface area contributed by atoms with Crippen molar-refractivity contribution in [2.24, 2.45) is 0 Å². The molecule has 0 fully saturated rings. The number of aliphatic hydroxyl groups is 1. The Bertz CT molecular complexity index is 6.85. The van der Waals surface area contributed by atoms with Crippen LogP contribution in [0.2, 0.25) is 11.6 Å². The highest BCUT2D eigenvalue weighted by Crippen LogP contribution is 1.36. The summed E-state index contributed by atoms with van der Waals surface area (Å²) in [6, 6.07) is 0. The van der Waals surface area contributed by atoms with Gasteiger partial charge in [0.05, 0.1) is 0 Å². The Labute approximate surface area is 39.7 Å². The van der Waals surface area contributed by atoms with Crippen LogP contribution in [0.15, 0.2) is 0 Å². The van der Waals surface area contributed by atoms with Crippen molar-refractivity contribution < 1.29 is 5.11 Å². The van der Waals surface area contributed by atoms with Crippen molar-refractivity contribution in [3.05, 3.63) is 0 Å². The van der Waals surface area contributed by atoms with Gasteiger partial charge in [-0.2, -0.15) is 0 Å². The van der Waals surface area contributed by atoms with Crippen LogP contribution in [-0.4, -0.2) is 27.4 Å². The summed E-state index contributed by atoms with van der Waals surface area (Å²) in [6.07, 6.45) is 0. The molecule has 0 atom stereocenters. The van der Waals surface area contributed by atoms with Crippen molar-refractivity contribution in [1.82, 2.24) is 0 Å². The molecule has 0 unspecified atom stereocenters. The molecule has 0 aromatic rings. The monoisotopic (exact) mass is 89.1 g/mol. The number of hydrogen-bond donors (Lipinski definition) is 1. The van der Waals surface area contributed by atoms with Gasteiger partial charge in [0.2, 0.25) is 0 Å². The van der Waals surface area contributed by atoms with Crippen molar-refractivity contribution in [2.45, 2.75) is 11.6 Å². The largest absolute Gasteiger partial charge is 0.400 e. The standard InChI is InChI=1S/CH4O.2CH3.Al/c1-2;;;/h2H,1H3;2*1H3;. The van der Waals surface area contributed by atoms with Gasteiger partial charge in [-0.3, -0.25) is 0 Å². The Hall–Kier alpha value is 0.492. The molecule has 31 valence electrons. The van der Waals surface area contributed by atoms with Crippen LogP contribution in [0.25, 0.3) is 0 Å². The lowest BCUT2D eigenvalue weighted by atomic mass is 11.8. The fraction of sp³-hybridized carbons (Fsp3) is 1.00. The van der Waals surface area contributed by atoms with Crippen LogP contribution < -0.4 is 0 Å². The van der Waals surface area contributed by atoms with Crippen molar-refractivity contribution in [1.29, 1.82) is 0 Å². The molecule has 0 saturated carbocycles. The van der Waals surface area contributed by atoms with Gasteiger partial charge in [-0.05, 0) is 0 Å². The summed E-state index contributed by atoms with van der Waals surface area (Å²) in [5, 5.41) is 7.00. The van der Waals surface area contributed by atoms with Gasteiger partial charge in [0, 0.05) is 7.11 Å². The zero-order valence-electron chi connectivity index (χ0n) is 4.02. The average Bonchev–Trinajstić information content (AvgIpc) is 1.46. The van der Waals surface area contributed by atoms with E-state index in [4.69, 9.17) is 5.11 Å². The van der Waals surface area contributed by atoms with E-state index in [1.54, 1.807) is 0 Å². The summed E-state index contributed by atoms with van der Waals surface area (Å²) < 4.78 is 0. The van der Waals surface area contributed by atoms with Gasteiger partial charge in [-0.15, -0.1) is 11.6 Å². The van der Waals surface area contributed by atoms with E-state index in [-0.39, 0.29) is 0 Å². The molecule has 0 rings (SSSR count). The van der Waals surface area contributed by atoms with Crippen molar-refractivity contribution in [2.75, 3.05) is 7.11 Å². The number of rotatable bonds is 0. The first-order chi connectivity index (χ1) is 2.41. The van der Waals surface area contributed by atoms with Gasteiger partial charge >= 0.3 is 0 Å². The fourth-order valence-electron chi connectivity index (χ4n) is 0. The zero-order chi connectivity index (χ0) is 4.71. The molecule has 1 N–H and O–H groups in total. The van der Waals surface area contributed by atoms with Gasteiger partial charge in [0.25, 0.3) is 0 Å². The maximum atomic E-state index is 7.00. The quantitative estimate of drug-likeness (QED) is 0.426. The molecule has 0 aromatic carbocycles. The molecule has 0 amide bonds. The van der Waals surface area contributed by atoms with Crippen LogP contribution >= 0.6 is 0 Å². The highest BCUT2D eigenvalue weighted by Gasteiger charge is 1.46. The molecule has 0 spiro atoms. The van der Waals surface area contributed by atoms with E-state index in [1.807, 2.05) is 0 Å². The number of aliphatic hydroxyl groups excluding tert-OH is 1. The van der Waals surface area contributed by atoms with Crippen molar-refractivity contribution >= 4 is 15.2 Å². The van der Waals surface area contributed by atoms with Crippen molar-refractivity contribution in [3.63, 3.8) is 0 Å². The molecule has 0 aliphatic carbocycles. The number of hydrogen-bond acceptors (Lipinski definition) is 1. The fourth-order valence-corrected chi connectivity index (χ4v) is 0. The second-order valence-corrected chi connectivity index (χ2v) is 1.73. The second-order valence-electron chi connectivity index (χ2n) is 0.577. The van der Waals surface area contributed by atoms with Crippen molar-refractivity contribution in [3.8, 4) is 0 Å². The third kappa shape index (κ3) is 115. The summed E-state index contributed by atoms with van der Waals surface area (Å²) in [4.78, 5) is 0. The molecule has 0 saturated heterocycles. The van der Waals surface area contributed by atoms with Gasteiger partial charge in [0.1, 0.15) is 0 Å². The van der Waals surface area contributed by atoms with Gasteiger partial charge in [-0.1, -0.05) is 0 Å². The first-order valence-corrected chi connectivity index (χ1v) is 3.91. The van der Waals surface area contributed by atoms with E-state index in [0.29, 0.717) is 0 Å². The maximum Gasteiger partial charge on any atom is 0.191 e. The molecule has 1 nitrogen and oxygen atoms in total. The predicted octanol–water partition coefficient (Wildman–Crippen LogP) is 0.395. The molecule has 5 heavy (non-hydrogen) atoms. The van der Waals surface area contributed by atoms with Crippen LogP contribution in [0.5, 0.6) is 0 Å². The average molecular weight is 89.1 g/mol. The third-order valence-electron chi connectivity index (χ3n) is 0. The third-order valence-corrected chi connectivity index (χ3v) is 0. The Morgan fingerprint density at radius 1 is 1.20 bits per heavy atom.